The molecule has 0 aliphatic carbocycles. The van der Waals surface area contributed by atoms with Gasteiger partial charge in [-0.1, -0.05) is 28.1 Å². The second kappa shape index (κ2) is 8.33. The fourth-order valence-electron chi connectivity index (χ4n) is 3.48. The first-order valence-electron chi connectivity index (χ1n) is 9.13. The van der Waals surface area contributed by atoms with E-state index in [9.17, 15) is 0 Å². The highest BCUT2D eigenvalue weighted by molar-refractivity contribution is 9.10. The summed E-state index contributed by atoms with van der Waals surface area (Å²) in [5.74, 6) is 1.52. The van der Waals surface area contributed by atoms with Gasteiger partial charge in [0.2, 0.25) is 0 Å². The van der Waals surface area contributed by atoms with Crippen LogP contribution in [0.4, 0.5) is 5.82 Å². The number of halogens is 1. The van der Waals surface area contributed by atoms with Crippen molar-refractivity contribution in [3.05, 3.63) is 52.4 Å². The summed E-state index contributed by atoms with van der Waals surface area (Å²) in [5, 5.41) is 7.92. The molecule has 142 valence electrons. The Morgan fingerprint density at radius 2 is 2.00 bits per heavy atom. The number of nitrogens with one attached hydrogen (secondary N) is 1. The van der Waals surface area contributed by atoms with Gasteiger partial charge in [0.25, 0.3) is 5.78 Å². The predicted molar refractivity (Wildman–Crippen MR) is 108 cm³/mol. The maximum absolute atomic E-state index is 5.22. The molecule has 1 fully saturated rings. The van der Waals surface area contributed by atoms with Crippen LogP contribution in [0.2, 0.25) is 0 Å². The second-order valence-electron chi connectivity index (χ2n) is 6.86. The van der Waals surface area contributed by atoms with Crippen LogP contribution in [0.3, 0.4) is 0 Å². The van der Waals surface area contributed by atoms with Gasteiger partial charge in [-0.2, -0.15) is 14.6 Å². The molecule has 27 heavy (non-hydrogen) atoms. The van der Waals surface area contributed by atoms with E-state index in [-0.39, 0.29) is 0 Å². The Kier molecular flexibility index (Phi) is 5.66. The number of fused-ring (bicyclic) bond motifs is 1. The van der Waals surface area contributed by atoms with Crippen LogP contribution in [0, 0.1) is 0 Å². The van der Waals surface area contributed by atoms with E-state index in [0.29, 0.717) is 18.4 Å². The molecule has 1 aromatic carbocycles. The Morgan fingerprint density at radius 1 is 1.22 bits per heavy atom. The minimum atomic E-state index is 0.413. The van der Waals surface area contributed by atoms with Crippen LogP contribution in [0.5, 0.6) is 0 Å². The third kappa shape index (κ3) is 4.45. The topological polar surface area (TPSA) is 67.6 Å². The third-order valence-corrected chi connectivity index (χ3v) is 5.38. The number of methoxy groups -OCH3 is 1. The van der Waals surface area contributed by atoms with Gasteiger partial charge in [-0.05, 0) is 30.5 Å². The van der Waals surface area contributed by atoms with Crippen molar-refractivity contribution in [3.63, 3.8) is 0 Å². The Balaban J connectivity index is 1.38. The van der Waals surface area contributed by atoms with E-state index < -0.39 is 0 Å². The molecule has 1 aliphatic rings. The third-order valence-electron chi connectivity index (χ3n) is 4.86. The molecule has 1 saturated heterocycles. The Hall–Kier alpha value is -2.03. The van der Waals surface area contributed by atoms with Gasteiger partial charge in [-0.15, -0.1) is 0 Å². The highest BCUT2D eigenvalue weighted by Gasteiger charge is 2.20. The molecule has 0 atom stereocenters. The molecule has 2 aromatic heterocycles. The van der Waals surface area contributed by atoms with E-state index in [2.05, 4.69) is 65.5 Å². The Morgan fingerprint density at radius 3 is 2.74 bits per heavy atom. The summed E-state index contributed by atoms with van der Waals surface area (Å²) in [7, 11) is 1.67. The fraction of sp³-hybridized carbons (Fsp3) is 0.421. The van der Waals surface area contributed by atoms with E-state index in [1.54, 1.807) is 11.6 Å². The van der Waals surface area contributed by atoms with Crippen molar-refractivity contribution in [1.29, 1.82) is 0 Å². The van der Waals surface area contributed by atoms with Gasteiger partial charge in [0, 0.05) is 43.3 Å². The minimum absolute atomic E-state index is 0.413. The van der Waals surface area contributed by atoms with Crippen LogP contribution in [-0.2, 0) is 17.9 Å². The van der Waals surface area contributed by atoms with E-state index in [4.69, 9.17) is 4.74 Å². The number of benzene rings is 1. The summed E-state index contributed by atoms with van der Waals surface area (Å²) in [5.41, 5.74) is 2.21. The summed E-state index contributed by atoms with van der Waals surface area (Å²) in [4.78, 5) is 11.2. The number of ether oxygens (including phenoxy) is 1. The zero-order valence-corrected chi connectivity index (χ0v) is 16.9. The molecule has 1 aliphatic heterocycles. The van der Waals surface area contributed by atoms with Gasteiger partial charge in [-0.25, -0.2) is 4.98 Å². The SMILES string of the molecule is COCc1cc(NC2CCN(Cc3ccc(Br)cc3)CC2)n2ncnc2n1. The van der Waals surface area contributed by atoms with Gasteiger partial charge in [0.05, 0.1) is 12.3 Å². The monoisotopic (exact) mass is 430 g/mol. The van der Waals surface area contributed by atoms with Crippen LogP contribution in [-0.4, -0.2) is 50.7 Å². The maximum Gasteiger partial charge on any atom is 0.254 e. The Bertz CT molecular complexity index is 889. The number of rotatable bonds is 6. The maximum atomic E-state index is 5.22. The van der Waals surface area contributed by atoms with Gasteiger partial charge in [0.1, 0.15) is 12.1 Å². The van der Waals surface area contributed by atoms with Crippen LogP contribution >= 0.6 is 15.9 Å². The number of anilines is 1. The van der Waals surface area contributed by atoms with Gasteiger partial charge < -0.3 is 10.1 Å². The largest absolute Gasteiger partial charge is 0.378 e. The number of hydrogen-bond donors (Lipinski definition) is 1. The molecular formula is C19H23BrN6O. The summed E-state index contributed by atoms with van der Waals surface area (Å²) >= 11 is 3.49. The lowest BCUT2D eigenvalue weighted by atomic mass is 10.0. The summed E-state index contributed by atoms with van der Waals surface area (Å²) < 4.78 is 8.10. The van der Waals surface area contributed by atoms with Crippen molar-refractivity contribution in [3.8, 4) is 0 Å². The first-order valence-corrected chi connectivity index (χ1v) is 9.92. The lowest BCUT2D eigenvalue weighted by Crippen LogP contribution is -2.39. The van der Waals surface area contributed by atoms with Crippen LogP contribution in [0.25, 0.3) is 5.78 Å². The zero-order chi connectivity index (χ0) is 18.6. The highest BCUT2D eigenvalue weighted by atomic mass is 79.9. The van der Waals surface area contributed by atoms with E-state index in [1.165, 1.54) is 11.9 Å². The number of likely N-dealkylation sites (tertiary alicyclic amines) is 1. The normalized spacial score (nSPS) is 16.1. The van der Waals surface area contributed by atoms with Crippen LogP contribution < -0.4 is 5.32 Å². The molecule has 1 N–H and O–H groups in total. The van der Waals surface area contributed by atoms with E-state index in [0.717, 1.165) is 48.5 Å². The number of hydrogen-bond acceptors (Lipinski definition) is 6. The number of nitrogens with zero attached hydrogens (tertiary/aromatic N) is 5. The average molecular weight is 431 g/mol. The molecular weight excluding hydrogens is 408 g/mol. The van der Waals surface area contributed by atoms with Gasteiger partial charge in [0.15, 0.2) is 0 Å². The minimum Gasteiger partial charge on any atom is -0.378 e. The summed E-state index contributed by atoms with van der Waals surface area (Å²) in [6.45, 7) is 3.61. The van der Waals surface area contributed by atoms with E-state index >= 15 is 0 Å². The number of piperidine rings is 1. The quantitative estimate of drug-likeness (QED) is 0.647. The zero-order valence-electron chi connectivity index (χ0n) is 15.3. The highest BCUT2D eigenvalue weighted by Crippen LogP contribution is 2.20. The molecule has 8 heteroatoms. The molecule has 0 spiro atoms. The molecule has 4 rings (SSSR count). The first-order chi connectivity index (χ1) is 13.2. The van der Waals surface area contributed by atoms with Crippen LogP contribution in [0.15, 0.2) is 41.1 Å². The molecule has 0 saturated carbocycles. The fourth-order valence-corrected chi connectivity index (χ4v) is 3.74. The molecule has 0 unspecified atom stereocenters. The van der Waals surface area contributed by atoms with Crippen molar-refractivity contribution < 1.29 is 4.74 Å². The first kappa shape index (κ1) is 18.3. The van der Waals surface area contributed by atoms with Crippen molar-refractivity contribution in [2.24, 2.45) is 0 Å². The second-order valence-corrected chi connectivity index (χ2v) is 7.77. The summed E-state index contributed by atoms with van der Waals surface area (Å²) in [6.07, 6.45) is 3.72. The average Bonchev–Trinajstić information content (AvgIpc) is 3.14. The summed E-state index contributed by atoms with van der Waals surface area (Å²) in [6, 6.07) is 11.0. The number of aromatic nitrogens is 4. The standard InChI is InChI=1S/C19H23BrN6O/c1-27-12-17-10-18(26-19(24-17)21-13-22-26)23-16-6-8-25(9-7-16)11-14-2-4-15(20)5-3-14/h2-5,10,13,16,23H,6-9,11-12H2,1H3. The Labute approximate surface area is 166 Å². The molecule has 7 nitrogen and oxygen atoms in total. The van der Waals surface area contributed by atoms with E-state index in [1.807, 2.05) is 6.07 Å². The molecule has 3 aromatic rings. The lowest BCUT2D eigenvalue weighted by molar-refractivity contribution is 0.181. The molecule has 3 heterocycles. The predicted octanol–water partition coefficient (Wildman–Crippen LogP) is 3.11. The van der Waals surface area contributed by atoms with Gasteiger partial charge in [-0.3, -0.25) is 4.90 Å². The van der Waals surface area contributed by atoms with Crippen molar-refractivity contribution in [2.45, 2.75) is 32.0 Å². The lowest BCUT2D eigenvalue weighted by Gasteiger charge is -2.32. The van der Waals surface area contributed by atoms with Crippen molar-refractivity contribution in [2.75, 3.05) is 25.5 Å². The molecule has 0 amide bonds. The molecule has 0 radical (unpaired) electrons. The van der Waals surface area contributed by atoms with Crippen LogP contribution in [0.1, 0.15) is 24.1 Å². The van der Waals surface area contributed by atoms with Crippen molar-refractivity contribution in [1.82, 2.24) is 24.5 Å². The molecule has 0 bridgehead atoms. The van der Waals surface area contributed by atoms with Crippen molar-refractivity contribution >= 4 is 27.5 Å². The smallest absolute Gasteiger partial charge is 0.254 e. The van der Waals surface area contributed by atoms with Gasteiger partial charge >= 0.3 is 0 Å².